The first-order chi connectivity index (χ1) is 13.7. The largest absolute Gasteiger partial charge is 0.368 e. The number of anilines is 2. The molecule has 8 heteroatoms. The molecule has 0 saturated carbocycles. The zero-order chi connectivity index (χ0) is 19.1. The van der Waals surface area contributed by atoms with Crippen LogP contribution < -0.4 is 15.5 Å². The lowest BCUT2D eigenvalue weighted by molar-refractivity contribution is 0.102. The molecule has 3 N–H and O–H groups in total. The van der Waals surface area contributed by atoms with E-state index in [2.05, 4.69) is 46.4 Å². The second-order valence-corrected chi connectivity index (χ2v) is 8.27. The normalized spacial score (nSPS) is 21.7. The highest BCUT2D eigenvalue weighted by Gasteiger charge is 2.34. The van der Waals surface area contributed by atoms with E-state index in [0.717, 1.165) is 52.4 Å². The van der Waals surface area contributed by atoms with Crippen LogP contribution in [0.15, 0.2) is 41.4 Å². The molecule has 1 amide bonds. The Bertz CT molecular complexity index is 1020. The number of hydrogen-bond acceptors (Lipinski definition) is 5. The van der Waals surface area contributed by atoms with Crippen molar-refractivity contribution in [3.8, 4) is 0 Å². The van der Waals surface area contributed by atoms with Gasteiger partial charge in [-0.3, -0.25) is 9.78 Å². The van der Waals surface area contributed by atoms with Crippen LogP contribution in [0.5, 0.6) is 0 Å². The van der Waals surface area contributed by atoms with E-state index >= 15 is 0 Å². The third-order valence-electron chi connectivity index (χ3n) is 5.80. The number of hydrogen-bond donors (Lipinski definition) is 3. The van der Waals surface area contributed by atoms with Gasteiger partial charge >= 0.3 is 0 Å². The molecule has 2 unspecified atom stereocenters. The summed E-state index contributed by atoms with van der Waals surface area (Å²) in [5, 5.41) is 7.59. The first-order valence-corrected chi connectivity index (χ1v) is 10.4. The Morgan fingerprint density at radius 2 is 2.25 bits per heavy atom. The Morgan fingerprint density at radius 1 is 1.32 bits per heavy atom. The number of fused-ring (bicyclic) bond motifs is 2. The molecule has 2 fully saturated rings. The molecule has 0 spiro atoms. The van der Waals surface area contributed by atoms with Crippen molar-refractivity contribution in [2.24, 2.45) is 5.92 Å². The monoisotopic (exact) mass is 440 g/mol. The summed E-state index contributed by atoms with van der Waals surface area (Å²) in [6.07, 6.45) is 9.30. The smallest absolute Gasteiger partial charge is 0.257 e. The summed E-state index contributed by atoms with van der Waals surface area (Å²) in [5.74, 6) is 0.583. The van der Waals surface area contributed by atoms with E-state index in [0.29, 0.717) is 11.6 Å². The highest BCUT2D eigenvalue weighted by atomic mass is 79.9. The predicted octanol–water partition coefficient (Wildman–Crippen LogP) is 3.16. The number of nitrogens with one attached hydrogen (secondary N) is 3. The molecule has 28 heavy (non-hydrogen) atoms. The summed E-state index contributed by atoms with van der Waals surface area (Å²) >= 11 is 3.69. The van der Waals surface area contributed by atoms with Gasteiger partial charge in [0.05, 0.1) is 26.8 Å². The van der Waals surface area contributed by atoms with Gasteiger partial charge in [0.25, 0.3) is 5.91 Å². The van der Waals surface area contributed by atoms with Crippen molar-refractivity contribution in [3.05, 3.63) is 47.0 Å². The van der Waals surface area contributed by atoms with Crippen LogP contribution in [0.3, 0.4) is 0 Å². The lowest BCUT2D eigenvalue weighted by atomic mass is 9.92. The second-order valence-electron chi connectivity index (χ2n) is 7.42. The number of pyridine rings is 2. The number of H-pyrrole nitrogens is 1. The highest BCUT2D eigenvalue weighted by molar-refractivity contribution is 9.10. The standard InChI is InChI=1S/C20H21BrN6O/c21-14-9-24-19-17(18(14)27-7-4-12-3-6-23-16(12)11-27)15(10-25-19)26-20(28)13-2-1-5-22-8-13/h1-2,5,8-10,12,16,23H,3-4,6-7,11H2,(H,24,25)(H,26,28). The van der Waals surface area contributed by atoms with Gasteiger partial charge in [-0.25, -0.2) is 4.98 Å². The van der Waals surface area contributed by atoms with Gasteiger partial charge in [-0.2, -0.15) is 0 Å². The zero-order valence-corrected chi connectivity index (χ0v) is 16.9. The quantitative estimate of drug-likeness (QED) is 0.582. The molecule has 2 atom stereocenters. The van der Waals surface area contributed by atoms with Crippen molar-refractivity contribution >= 4 is 44.2 Å². The van der Waals surface area contributed by atoms with Crippen LogP contribution in [-0.4, -0.2) is 46.5 Å². The number of rotatable bonds is 3. The maximum atomic E-state index is 12.7. The SMILES string of the molecule is O=C(Nc1c[nH]c2ncc(Br)c(N3CCC4CCNC4C3)c12)c1cccnc1. The third kappa shape index (κ3) is 3.06. The molecule has 7 nitrogen and oxygen atoms in total. The fraction of sp³-hybridized carbons (Fsp3) is 0.350. The summed E-state index contributed by atoms with van der Waals surface area (Å²) in [7, 11) is 0. The lowest BCUT2D eigenvalue weighted by Gasteiger charge is -2.37. The Morgan fingerprint density at radius 3 is 3.11 bits per heavy atom. The first kappa shape index (κ1) is 17.6. The van der Waals surface area contributed by atoms with Crippen LogP contribution in [0, 0.1) is 5.92 Å². The van der Waals surface area contributed by atoms with Crippen molar-refractivity contribution in [2.75, 3.05) is 29.9 Å². The van der Waals surface area contributed by atoms with Crippen molar-refractivity contribution < 1.29 is 4.79 Å². The van der Waals surface area contributed by atoms with Crippen molar-refractivity contribution in [2.45, 2.75) is 18.9 Å². The summed E-state index contributed by atoms with van der Waals surface area (Å²) in [6, 6.07) is 4.03. The summed E-state index contributed by atoms with van der Waals surface area (Å²) < 4.78 is 0.938. The first-order valence-electron chi connectivity index (χ1n) is 9.56. The van der Waals surface area contributed by atoms with E-state index < -0.39 is 0 Å². The minimum atomic E-state index is -0.184. The molecule has 0 radical (unpaired) electrons. The molecular formula is C20H21BrN6O. The van der Waals surface area contributed by atoms with Gasteiger partial charge in [0.15, 0.2) is 0 Å². The molecule has 3 aromatic heterocycles. The third-order valence-corrected chi connectivity index (χ3v) is 6.38. The van der Waals surface area contributed by atoms with Crippen LogP contribution in [0.2, 0.25) is 0 Å². The van der Waals surface area contributed by atoms with Gasteiger partial charge < -0.3 is 20.5 Å². The number of amides is 1. The van der Waals surface area contributed by atoms with Crippen LogP contribution >= 0.6 is 15.9 Å². The number of piperidine rings is 1. The second kappa shape index (κ2) is 7.18. The topological polar surface area (TPSA) is 85.9 Å². The van der Waals surface area contributed by atoms with E-state index in [9.17, 15) is 4.79 Å². The summed E-state index contributed by atoms with van der Waals surface area (Å²) in [4.78, 5) is 26.8. The highest BCUT2D eigenvalue weighted by Crippen LogP contribution is 2.40. The molecule has 2 saturated heterocycles. The Hall–Kier alpha value is -2.45. The van der Waals surface area contributed by atoms with Crippen LogP contribution in [0.25, 0.3) is 11.0 Å². The molecule has 0 aliphatic carbocycles. The van der Waals surface area contributed by atoms with Crippen molar-refractivity contribution in [1.82, 2.24) is 20.3 Å². The van der Waals surface area contributed by atoms with Crippen LogP contribution in [0.1, 0.15) is 23.2 Å². The fourth-order valence-corrected chi connectivity index (χ4v) is 4.94. The molecule has 2 aliphatic rings. The zero-order valence-electron chi connectivity index (χ0n) is 15.3. The van der Waals surface area contributed by atoms with Gasteiger partial charge in [-0.15, -0.1) is 0 Å². The average molecular weight is 441 g/mol. The number of aromatic nitrogens is 3. The van der Waals surface area contributed by atoms with Gasteiger partial charge in [-0.1, -0.05) is 0 Å². The van der Waals surface area contributed by atoms with Crippen molar-refractivity contribution in [1.29, 1.82) is 0 Å². The lowest BCUT2D eigenvalue weighted by Crippen LogP contribution is -2.46. The number of carbonyl (C=O) groups excluding carboxylic acids is 1. The Kier molecular flexibility index (Phi) is 4.52. The summed E-state index contributed by atoms with van der Waals surface area (Å²) in [6.45, 7) is 3.07. The number of halogens is 1. The van der Waals surface area contributed by atoms with E-state index in [-0.39, 0.29) is 5.91 Å². The molecule has 5 rings (SSSR count). The fourth-order valence-electron chi connectivity index (χ4n) is 4.39. The molecule has 144 valence electrons. The molecule has 0 bridgehead atoms. The number of aromatic amines is 1. The van der Waals surface area contributed by atoms with Gasteiger partial charge in [0.1, 0.15) is 5.65 Å². The molecule has 3 aromatic rings. The van der Waals surface area contributed by atoms with Crippen LogP contribution in [0.4, 0.5) is 11.4 Å². The minimum absolute atomic E-state index is 0.184. The Labute approximate surface area is 171 Å². The van der Waals surface area contributed by atoms with Gasteiger partial charge in [0, 0.05) is 43.9 Å². The maximum Gasteiger partial charge on any atom is 0.257 e. The number of nitrogens with zero attached hydrogens (tertiary/aromatic N) is 3. The summed E-state index contributed by atoms with van der Waals surface area (Å²) in [5.41, 5.74) is 3.10. The molecule has 0 aromatic carbocycles. The predicted molar refractivity (Wildman–Crippen MR) is 113 cm³/mol. The molecule has 2 aliphatic heterocycles. The maximum absolute atomic E-state index is 12.7. The Balaban J connectivity index is 1.51. The molecular weight excluding hydrogens is 420 g/mol. The molecule has 5 heterocycles. The number of carbonyl (C=O) groups is 1. The van der Waals surface area contributed by atoms with Crippen molar-refractivity contribution in [3.63, 3.8) is 0 Å². The van der Waals surface area contributed by atoms with E-state index in [1.165, 1.54) is 12.8 Å². The van der Waals surface area contributed by atoms with E-state index in [4.69, 9.17) is 0 Å². The van der Waals surface area contributed by atoms with Gasteiger partial charge in [-0.05, 0) is 53.4 Å². The van der Waals surface area contributed by atoms with E-state index in [1.807, 2.05) is 12.4 Å². The van der Waals surface area contributed by atoms with Crippen LogP contribution in [-0.2, 0) is 0 Å². The average Bonchev–Trinajstić information content (AvgIpc) is 3.35. The van der Waals surface area contributed by atoms with Gasteiger partial charge in [0.2, 0.25) is 0 Å². The van der Waals surface area contributed by atoms with E-state index in [1.54, 1.807) is 24.5 Å². The minimum Gasteiger partial charge on any atom is -0.368 e.